The molecule has 0 spiro atoms. The van der Waals surface area contributed by atoms with Gasteiger partial charge in [0.15, 0.2) is 0 Å². The highest BCUT2D eigenvalue weighted by molar-refractivity contribution is 9.10. The van der Waals surface area contributed by atoms with E-state index in [4.69, 9.17) is 5.73 Å². The predicted octanol–water partition coefficient (Wildman–Crippen LogP) is 3.01. The second kappa shape index (κ2) is 6.80. The lowest BCUT2D eigenvalue weighted by Crippen LogP contribution is -2.41. The van der Waals surface area contributed by atoms with Crippen LogP contribution in [0.3, 0.4) is 0 Å². The zero-order chi connectivity index (χ0) is 14.6. The minimum Gasteiger partial charge on any atom is -0.398 e. The van der Waals surface area contributed by atoms with Crippen molar-refractivity contribution in [3.63, 3.8) is 0 Å². The Bertz CT molecular complexity index is 458. The second-order valence-corrected chi connectivity index (χ2v) is 5.42. The third-order valence-corrected chi connectivity index (χ3v) is 3.83. The van der Waals surface area contributed by atoms with Crippen LogP contribution in [0.2, 0.25) is 0 Å². The molecule has 1 amide bonds. The fraction of sp³-hybridized carbons (Fsp3) is 0.500. The van der Waals surface area contributed by atoms with E-state index in [1.807, 2.05) is 44.7 Å². The SMILES string of the molecule is CCN(CC)C(=O)C(C)Nc1cc(C)c(N)cc1Br. The van der Waals surface area contributed by atoms with Gasteiger partial charge in [-0.1, -0.05) is 0 Å². The molecule has 19 heavy (non-hydrogen) atoms. The highest BCUT2D eigenvalue weighted by atomic mass is 79.9. The van der Waals surface area contributed by atoms with Gasteiger partial charge in [-0.15, -0.1) is 0 Å². The lowest BCUT2D eigenvalue weighted by atomic mass is 10.1. The smallest absolute Gasteiger partial charge is 0.244 e. The van der Waals surface area contributed by atoms with Gasteiger partial charge < -0.3 is 16.0 Å². The molecule has 5 heteroatoms. The number of nitrogens with zero attached hydrogens (tertiary/aromatic N) is 1. The summed E-state index contributed by atoms with van der Waals surface area (Å²) in [5.41, 5.74) is 8.46. The van der Waals surface area contributed by atoms with E-state index in [0.29, 0.717) is 0 Å². The normalized spacial score (nSPS) is 12.1. The number of nitrogens with one attached hydrogen (secondary N) is 1. The van der Waals surface area contributed by atoms with Crippen molar-refractivity contribution in [2.24, 2.45) is 0 Å². The fourth-order valence-electron chi connectivity index (χ4n) is 1.91. The average molecular weight is 328 g/mol. The monoisotopic (exact) mass is 327 g/mol. The van der Waals surface area contributed by atoms with Crippen molar-refractivity contribution < 1.29 is 4.79 Å². The number of hydrogen-bond donors (Lipinski definition) is 2. The lowest BCUT2D eigenvalue weighted by Gasteiger charge is -2.24. The summed E-state index contributed by atoms with van der Waals surface area (Å²) in [6.07, 6.45) is 0. The molecule has 0 aliphatic heterocycles. The van der Waals surface area contributed by atoms with Crippen LogP contribution in [0.25, 0.3) is 0 Å². The molecular formula is C14H22BrN3O. The van der Waals surface area contributed by atoms with E-state index in [9.17, 15) is 4.79 Å². The van der Waals surface area contributed by atoms with Crippen molar-refractivity contribution in [1.82, 2.24) is 4.90 Å². The van der Waals surface area contributed by atoms with Crippen LogP contribution in [-0.4, -0.2) is 29.9 Å². The Morgan fingerprint density at radius 3 is 2.53 bits per heavy atom. The Morgan fingerprint density at radius 2 is 2.00 bits per heavy atom. The molecule has 1 unspecified atom stereocenters. The van der Waals surface area contributed by atoms with Crippen molar-refractivity contribution in [2.75, 3.05) is 24.1 Å². The third kappa shape index (κ3) is 3.86. The third-order valence-electron chi connectivity index (χ3n) is 3.17. The van der Waals surface area contributed by atoms with Crippen molar-refractivity contribution in [3.8, 4) is 0 Å². The first-order valence-corrected chi connectivity index (χ1v) is 7.30. The molecule has 1 aromatic carbocycles. The van der Waals surface area contributed by atoms with E-state index in [0.717, 1.165) is 34.5 Å². The second-order valence-electron chi connectivity index (χ2n) is 4.57. The van der Waals surface area contributed by atoms with Gasteiger partial charge >= 0.3 is 0 Å². The van der Waals surface area contributed by atoms with Gasteiger partial charge in [0.2, 0.25) is 5.91 Å². The molecule has 0 saturated heterocycles. The lowest BCUT2D eigenvalue weighted by molar-refractivity contribution is -0.131. The number of hydrogen-bond acceptors (Lipinski definition) is 3. The molecule has 0 radical (unpaired) electrons. The zero-order valence-corrected chi connectivity index (χ0v) is 13.5. The van der Waals surface area contributed by atoms with Gasteiger partial charge in [-0.05, 0) is 61.3 Å². The summed E-state index contributed by atoms with van der Waals surface area (Å²) in [6.45, 7) is 9.24. The van der Waals surface area contributed by atoms with E-state index in [1.165, 1.54) is 0 Å². The summed E-state index contributed by atoms with van der Waals surface area (Å²) in [5, 5.41) is 3.23. The van der Waals surface area contributed by atoms with Gasteiger partial charge in [0.25, 0.3) is 0 Å². The Balaban J connectivity index is 2.85. The van der Waals surface area contributed by atoms with E-state index < -0.39 is 0 Å². The number of nitrogen functional groups attached to an aromatic ring is 1. The molecule has 1 aromatic rings. The van der Waals surface area contributed by atoms with Crippen LogP contribution in [0.4, 0.5) is 11.4 Å². The van der Waals surface area contributed by atoms with Gasteiger partial charge in [-0.3, -0.25) is 4.79 Å². The standard InChI is InChI=1S/C14H22BrN3O/c1-5-18(6-2)14(19)10(4)17-13-7-9(3)12(16)8-11(13)15/h7-8,10,17H,5-6,16H2,1-4H3. The van der Waals surface area contributed by atoms with Crippen LogP contribution in [0.15, 0.2) is 16.6 Å². The molecular weight excluding hydrogens is 306 g/mol. The molecule has 0 bridgehead atoms. The molecule has 0 heterocycles. The summed E-state index contributed by atoms with van der Waals surface area (Å²) < 4.78 is 0.870. The van der Waals surface area contributed by atoms with Gasteiger partial charge in [-0.2, -0.15) is 0 Å². The average Bonchev–Trinajstić information content (AvgIpc) is 2.37. The highest BCUT2D eigenvalue weighted by Crippen LogP contribution is 2.28. The number of anilines is 2. The predicted molar refractivity (Wildman–Crippen MR) is 84.3 cm³/mol. The Labute approximate surface area is 123 Å². The van der Waals surface area contributed by atoms with Crippen molar-refractivity contribution in [3.05, 3.63) is 22.2 Å². The minimum atomic E-state index is -0.265. The molecule has 0 fully saturated rings. The first-order chi connectivity index (χ1) is 8.90. The Hall–Kier alpha value is -1.23. The summed E-state index contributed by atoms with van der Waals surface area (Å²) in [7, 11) is 0. The number of aryl methyl sites for hydroxylation is 1. The number of carbonyl (C=O) groups is 1. The first kappa shape index (κ1) is 15.8. The van der Waals surface area contributed by atoms with Crippen LogP contribution in [0, 0.1) is 6.92 Å². The molecule has 0 saturated carbocycles. The van der Waals surface area contributed by atoms with Crippen molar-refractivity contribution in [1.29, 1.82) is 0 Å². The molecule has 1 atom stereocenters. The van der Waals surface area contributed by atoms with E-state index in [-0.39, 0.29) is 11.9 Å². The largest absolute Gasteiger partial charge is 0.398 e. The molecule has 3 N–H and O–H groups in total. The number of carbonyl (C=O) groups excluding carboxylic acids is 1. The zero-order valence-electron chi connectivity index (χ0n) is 12.0. The molecule has 106 valence electrons. The summed E-state index contributed by atoms with van der Waals surface area (Å²) in [6, 6.07) is 3.54. The summed E-state index contributed by atoms with van der Waals surface area (Å²) >= 11 is 3.46. The Morgan fingerprint density at radius 1 is 1.42 bits per heavy atom. The van der Waals surface area contributed by atoms with Crippen LogP contribution < -0.4 is 11.1 Å². The van der Waals surface area contributed by atoms with Gasteiger partial charge in [-0.25, -0.2) is 0 Å². The van der Waals surface area contributed by atoms with Gasteiger partial charge in [0.1, 0.15) is 6.04 Å². The number of halogens is 1. The fourth-order valence-corrected chi connectivity index (χ4v) is 2.39. The van der Waals surface area contributed by atoms with Crippen LogP contribution in [-0.2, 0) is 4.79 Å². The number of likely N-dealkylation sites (N-methyl/N-ethyl adjacent to an activating group) is 1. The molecule has 0 aliphatic rings. The topological polar surface area (TPSA) is 58.4 Å². The quantitative estimate of drug-likeness (QED) is 0.817. The molecule has 4 nitrogen and oxygen atoms in total. The number of rotatable bonds is 5. The maximum atomic E-state index is 12.2. The van der Waals surface area contributed by atoms with Crippen molar-refractivity contribution >= 4 is 33.2 Å². The van der Waals surface area contributed by atoms with E-state index in [1.54, 1.807) is 0 Å². The van der Waals surface area contributed by atoms with Crippen LogP contribution >= 0.6 is 15.9 Å². The minimum absolute atomic E-state index is 0.103. The van der Waals surface area contributed by atoms with Crippen molar-refractivity contribution in [2.45, 2.75) is 33.7 Å². The highest BCUT2D eigenvalue weighted by Gasteiger charge is 2.18. The molecule has 1 rings (SSSR count). The van der Waals surface area contributed by atoms with Gasteiger partial charge in [0.05, 0.1) is 0 Å². The van der Waals surface area contributed by atoms with Crippen LogP contribution in [0.5, 0.6) is 0 Å². The number of nitrogens with two attached hydrogens (primary N) is 1. The van der Waals surface area contributed by atoms with Gasteiger partial charge in [0, 0.05) is 28.9 Å². The van der Waals surface area contributed by atoms with E-state index >= 15 is 0 Å². The molecule has 0 aromatic heterocycles. The van der Waals surface area contributed by atoms with Crippen LogP contribution in [0.1, 0.15) is 26.3 Å². The first-order valence-electron chi connectivity index (χ1n) is 6.51. The number of amides is 1. The van der Waals surface area contributed by atoms with E-state index in [2.05, 4.69) is 21.2 Å². The maximum absolute atomic E-state index is 12.2. The summed E-state index contributed by atoms with van der Waals surface area (Å²) in [5.74, 6) is 0.103. The number of benzene rings is 1. The Kier molecular flexibility index (Phi) is 5.66. The molecule has 0 aliphatic carbocycles. The maximum Gasteiger partial charge on any atom is 0.244 e. The summed E-state index contributed by atoms with van der Waals surface area (Å²) in [4.78, 5) is 14.0.